The molecule has 2 nitrogen and oxygen atoms in total. The molecule has 1 aliphatic rings. The molecule has 1 heterocycles. The van der Waals surface area contributed by atoms with Crippen molar-refractivity contribution in [3.05, 3.63) is 35.4 Å². The third-order valence-electron chi connectivity index (χ3n) is 3.67. The molecule has 0 spiro atoms. The lowest BCUT2D eigenvalue weighted by Gasteiger charge is -2.50. The van der Waals surface area contributed by atoms with E-state index in [9.17, 15) is 0 Å². The second-order valence-electron chi connectivity index (χ2n) is 5.52. The summed E-state index contributed by atoms with van der Waals surface area (Å²) in [6.45, 7) is 9.65. The molecule has 2 heteroatoms. The molecule has 0 unspecified atom stereocenters. The first-order valence-corrected chi connectivity index (χ1v) is 6.06. The van der Waals surface area contributed by atoms with Gasteiger partial charge in [0.25, 0.3) is 0 Å². The van der Waals surface area contributed by atoms with Crippen molar-refractivity contribution in [3.63, 3.8) is 0 Å². The molecule has 0 aromatic heterocycles. The fourth-order valence-corrected chi connectivity index (χ4v) is 2.33. The molecule has 0 atom stereocenters. The smallest absolute Gasteiger partial charge is 0.0435 e. The third-order valence-corrected chi connectivity index (χ3v) is 3.67. The van der Waals surface area contributed by atoms with Crippen molar-refractivity contribution in [1.82, 2.24) is 4.90 Å². The predicted octanol–water partition coefficient (Wildman–Crippen LogP) is 2.16. The van der Waals surface area contributed by atoms with E-state index in [1.165, 1.54) is 11.1 Å². The molecule has 0 radical (unpaired) electrons. The zero-order valence-corrected chi connectivity index (χ0v) is 10.5. The van der Waals surface area contributed by atoms with Crippen LogP contribution in [0.15, 0.2) is 24.3 Å². The van der Waals surface area contributed by atoms with E-state index in [0.717, 1.165) is 19.6 Å². The van der Waals surface area contributed by atoms with E-state index < -0.39 is 0 Å². The summed E-state index contributed by atoms with van der Waals surface area (Å²) in [6, 6.07) is 8.72. The van der Waals surface area contributed by atoms with E-state index in [1.807, 2.05) is 0 Å². The maximum Gasteiger partial charge on any atom is 0.0435 e. The van der Waals surface area contributed by atoms with Crippen molar-refractivity contribution in [2.45, 2.75) is 32.9 Å². The average Bonchev–Trinajstić information content (AvgIpc) is 2.14. The number of rotatable bonds is 3. The highest BCUT2D eigenvalue weighted by atomic mass is 15.2. The van der Waals surface area contributed by atoms with Gasteiger partial charge in [-0.1, -0.05) is 43.7 Å². The van der Waals surface area contributed by atoms with Crippen LogP contribution in [0.1, 0.15) is 25.0 Å². The van der Waals surface area contributed by atoms with Crippen LogP contribution in [0.4, 0.5) is 0 Å². The van der Waals surface area contributed by atoms with E-state index >= 15 is 0 Å². The maximum atomic E-state index is 6.28. The fourth-order valence-electron chi connectivity index (χ4n) is 2.33. The van der Waals surface area contributed by atoms with E-state index in [1.54, 1.807) is 0 Å². The summed E-state index contributed by atoms with van der Waals surface area (Å²) in [5, 5.41) is 0. The predicted molar refractivity (Wildman–Crippen MR) is 68.2 cm³/mol. The molecule has 0 amide bonds. The Morgan fingerprint density at radius 3 is 2.62 bits per heavy atom. The normalized spacial score (nSPS) is 19.8. The first-order valence-electron chi connectivity index (χ1n) is 6.06. The Morgan fingerprint density at radius 2 is 2.06 bits per heavy atom. The fraction of sp³-hybridized carbons (Fsp3) is 0.571. The van der Waals surface area contributed by atoms with Crippen LogP contribution in [-0.4, -0.2) is 23.5 Å². The van der Waals surface area contributed by atoms with Crippen molar-refractivity contribution < 1.29 is 0 Å². The zero-order valence-electron chi connectivity index (χ0n) is 10.5. The van der Waals surface area contributed by atoms with Gasteiger partial charge in [0.05, 0.1) is 0 Å². The van der Waals surface area contributed by atoms with Gasteiger partial charge in [0.15, 0.2) is 0 Å². The molecule has 1 aliphatic heterocycles. The highest BCUT2D eigenvalue weighted by Gasteiger charge is 2.41. The molecule has 2 rings (SSSR count). The van der Waals surface area contributed by atoms with Crippen LogP contribution in [0.2, 0.25) is 0 Å². The lowest BCUT2D eigenvalue weighted by atomic mass is 9.80. The molecule has 0 saturated carbocycles. The van der Waals surface area contributed by atoms with E-state index in [4.69, 9.17) is 5.73 Å². The Balaban J connectivity index is 1.90. The quantitative estimate of drug-likeness (QED) is 0.842. The monoisotopic (exact) mass is 218 g/mol. The lowest BCUT2D eigenvalue weighted by Crippen LogP contribution is -2.69. The van der Waals surface area contributed by atoms with Gasteiger partial charge < -0.3 is 5.73 Å². The molecule has 0 aliphatic carbocycles. The highest BCUT2D eigenvalue weighted by Crippen LogP contribution is 2.27. The molecule has 88 valence electrons. The lowest BCUT2D eigenvalue weighted by molar-refractivity contribution is 0.0313. The minimum Gasteiger partial charge on any atom is -0.323 e. The molecular weight excluding hydrogens is 196 g/mol. The van der Waals surface area contributed by atoms with Crippen LogP contribution in [0, 0.1) is 12.8 Å². The van der Waals surface area contributed by atoms with Gasteiger partial charge in [0.1, 0.15) is 0 Å². The van der Waals surface area contributed by atoms with E-state index in [0.29, 0.717) is 5.92 Å². The summed E-state index contributed by atoms with van der Waals surface area (Å²) < 4.78 is 0. The summed E-state index contributed by atoms with van der Waals surface area (Å²) in [7, 11) is 0. The molecule has 2 N–H and O–H groups in total. The number of likely N-dealkylation sites (tertiary alicyclic amines) is 1. The third kappa shape index (κ3) is 2.28. The molecule has 1 aromatic rings. The first kappa shape index (κ1) is 11.6. The van der Waals surface area contributed by atoms with Crippen LogP contribution in [-0.2, 0) is 6.54 Å². The molecule has 1 aromatic carbocycles. The molecular formula is C14H22N2. The molecule has 0 bridgehead atoms. The number of benzene rings is 1. The Labute approximate surface area is 98.4 Å². The molecule has 16 heavy (non-hydrogen) atoms. The van der Waals surface area contributed by atoms with Gasteiger partial charge in [0.2, 0.25) is 0 Å². The Morgan fingerprint density at radius 1 is 1.38 bits per heavy atom. The largest absolute Gasteiger partial charge is 0.323 e. The van der Waals surface area contributed by atoms with Gasteiger partial charge >= 0.3 is 0 Å². The van der Waals surface area contributed by atoms with Gasteiger partial charge in [0, 0.05) is 25.2 Å². The number of nitrogens with zero attached hydrogens (tertiary/aromatic N) is 1. The van der Waals surface area contributed by atoms with Crippen molar-refractivity contribution in [3.8, 4) is 0 Å². The zero-order chi connectivity index (χ0) is 11.8. The van der Waals surface area contributed by atoms with Crippen LogP contribution < -0.4 is 5.73 Å². The molecule has 1 saturated heterocycles. The summed E-state index contributed by atoms with van der Waals surface area (Å²) >= 11 is 0. The Bertz CT molecular complexity index is 365. The van der Waals surface area contributed by atoms with Gasteiger partial charge in [-0.25, -0.2) is 0 Å². The van der Waals surface area contributed by atoms with E-state index in [2.05, 4.69) is 49.9 Å². The minimum atomic E-state index is 0.0455. The van der Waals surface area contributed by atoms with Gasteiger partial charge in [-0.2, -0.15) is 0 Å². The van der Waals surface area contributed by atoms with Gasteiger partial charge in [-0.05, 0) is 18.4 Å². The topological polar surface area (TPSA) is 29.3 Å². The number of aryl methyl sites for hydroxylation is 1. The Hall–Kier alpha value is -0.860. The standard InChI is InChI=1S/C14H22N2/c1-11(2)14(15)9-16(10-14)8-13-6-4-5-12(3)7-13/h4-7,11H,8-10,15H2,1-3H3. The minimum absolute atomic E-state index is 0.0455. The second-order valence-corrected chi connectivity index (χ2v) is 5.52. The van der Waals surface area contributed by atoms with Crippen LogP contribution in [0.25, 0.3) is 0 Å². The van der Waals surface area contributed by atoms with Crippen LogP contribution in [0.5, 0.6) is 0 Å². The highest BCUT2D eigenvalue weighted by molar-refractivity contribution is 5.22. The number of hydrogen-bond donors (Lipinski definition) is 1. The van der Waals surface area contributed by atoms with Crippen molar-refractivity contribution in [2.24, 2.45) is 11.7 Å². The van der Waals surface area contributed by atoms with Crippen LogP contribution in [0.3, 0.4) is 0 Å². The van der Waals surface area contributed by atoms with E-state index in [-0.39, 0.29) is 5.54 Å². The molecule has 1 fully saturated rings. The second kappa shape index (κ2) is 4.19. The van der Waals surface area contributed by atoms with Crippen molar-refractivity contribution in [2.75, 3.05) is 13.1 Å². The van der Waals surface area contributed by atoms with Crippen molar-refractivity contribution >= 4 is 0 Å². The summed E-state index contributed by atoms with van der Waals surface area (Å²) in [5.41, 5.74) is 9.05. The SMILES string of the molecule is Cc1cccc(CN2CC(N)(C(C)C)C2)c1. The summed E-state index contributed by atoms with van der Waals surface area (Å²) in [5.74, 6) is 0.571. The first-order chi connectivity index (χ1) is 7.49. The number of hydrogen-bond acceptors (Lipinski definition) is 2. The average molecular weight is 218 g/mol. The Kier molecular flexibility index (Phi) is 3.04. The van der Waals surface area contributed by atoms with Gasteiger partial charge in [-0.15, -0.1) is 0 Å². The summed E-state index contributed by atoms with van der Waals surface area (Å²) in [6.07, 6.45) is 0. The maximum absolute atomic E-state index is 6.28. The number of nitrogens with two attached hydrogens (primary N) is 1. The summed E-state index contributed by atoms with van der Waals surface area (Å²) in [4.78, 5) is 2.43. The van der Waals surface area contributed by atoms with Gasteiger partial charge in [-0.3, -0.25) is 4.90 Å². The van der Waals surface area contributed by atoms with Crippen molar-refractivity contribution in [1.29, 1.82) is 0 Å². The van der Waals surface area contributed by atoms with Crippen LogP contribution >= 0.6 is 0 Å².